The van der Waals surface area contributed by atoms with Crippen LogP contribution in [0.1, 0.15) is 0 Å². The number of carbonyl (C=O) groups excluding carboxylic acids is 1. The van der Waals surface area contributed by atoms with Crippen LogP contribution in [-0.4, -0.2) is 11.7 Å². The Morgan fingerprint density at radius 2 is 2.10 bits per heavy atom. The van der Waals surface area contributed by atoms with Gasteiger partial charge in [0.05, 0.1) is 5.75 Å². The van der Waals surface area contributed by atoms with E-state index in [4.69, 9.17) is 5.73 Å². The molecular formula is C14H12FIN2OS. The fourth-order valence-corrected chi connectivity index (χ4v) is 2.85. The maximum atomic E-state index is 12.9. The van der Waals surface area contributed by atoms with Gasteiger partial charge in [0.25, 0.3) is 0 Å². The van der Waals surface area contributed by atoms with Crippen LogP contribution in [0.5, 0.6) is 0 Å². The summed E-state index contributed by atoms with van der Waals surface area (Å²) in [5.41, 5.74) is 6.79. The average Bonchev–Trinajstić information content (AvgIpc) is 2.37. The van der Waals surface area contributed by atoms with Gasteiger partial charge in [0.15, 0.2) is 0 Å². The molecule has 0 atom stereocenters. The maximum absolute atomic E-state index is 12.9. The van der Waals surface area contributed by atoms with Gasteiger partial charge in [-0.05, 0) is 59.0 Å². The fourth-order valence-electron chi connectivity index (χ4n) is 1.56. The normalized spacial score (nSPS) is 10.3. The lowest BCUT2D eigenvalue weighted by Gasteiger charge is -2.07. The zero-order valence-electron chi connectivity index (χ0n) is 10.4. The summed E-state index contributed by atoms with van der Waals surface area (Å²) in [6, 6.07) is 11.7. The van der Waals surface area contributed by atoms with Crippen LogP contribution in [0.4, 0.5) is 15.8 Å². The summed E-state index contributed by atoms with van der Waals surface area (Å²) in [7, 11) is 0. The lowest BCUT2D eigenvalue weighted by Crippen LogP contribution is -2.14. The molecule has 2 aromatic rings. The van der Waals surface area contributed by atoms with E-state index >= 15 is 0 Å². The Morgan fingerprint density at radius 1 is 1.30 bits per heavy atom. The number of nitrogens with one attached hydrogen (secondary N) is 1. The second-order valence-corrected chi connectivity index (χ2v) is 6.29. The number of halogens is 2. The number of anilines is 2. The first kappa shape index (κ1) is 15.1. The number of rotatable bonds is 4. The number of nitrogens with two attached hydrogens (primary N) is 1. The maximum Gasteiger partial charge on any atom is 0.234 e. The van der Waals surface area contributed by atoms with Crippen molar-refractivity contribution < 1.29 is 9.18 Å². The molecule has 0 aliphatic carbocycles. The standard InChI is InChI=1S/C14H12FIN2OS/c15-9-4-5-13(12(17)6-9)20-8-14(19)18-11-3-1-2-10(16)7-11/h1-7H,8,17H2,(H,18,19). The number of carbonyl (C=O) groups is 1. The highest BCUT2D eigenvalue weighted by atomic mass is 127. The molecule has 0 bridgehead atoms. The minimum Gasteiger partial charge on any atom is -0.398 e. The van der Waals surface area contributed by atoms with Crippen LogP contribution in [0.15, 0.2) is 47.4 Å². The summed E-state index contributed by atoms with van der Waals surface area (Å²) in [5, 5.41) is 2.80. The predicted molar refractivity (Wildman–Crippen MR) is 89.3 cm³/mol. The largest absolute Gasteiger partial charge is 0.398 e. The first-order valence-electron chi connectivity index (χ1n) is 5.78. The van der Waals surface area contributed by atoms with Gasteiger partial charge >= 0.3 is 0 Å². The van der Waals surface area contributed by atoms with Gasteiger partial charge in [-0.1, -0.05) is 6.07 Å². The van der Waals surface area contributed by atoms with E-state index in [-0.39, 0.29) is 17.5 Å². The Kier molecular flexibility index (Phi) is 5.24. The second-order valence-electron chi connectivity index (χ2n) is 4.03. The van der Waals surface area contributed by atoms with E-state index in [1.807, 2.05) is 24.3 Å². The molecule has 0 radical (unpaired) electrons. The Bertz CT molecular complexity index is 636. The third-order valence-corrected chi connectivity index (χ3v) is 4.20. The van der Waals surface area contributed by atoms with Gasteiger partial charge in [-0.25, -0.2) is 4.39 Å². The summed E-state index contributed by atoms with van der Waals surface area (Å²) in [5.74, 6) is -0.280. The lowest BCUT2D eigenvalue weighted by molar-refractivity contribution is -0.113. The number of nitrogen functional groups attached to an aromatic ring is 1. The highest BCUT2D eigenvalue weighted by Gasteiger charge is 2.07. The van der Waals surface area contributed by atoms with Crippen molar-refractivity contribution >= 4 is 51.6 Å². The molecule has 3 N–H and O–H groups in total. The number of benzene rings is 2. The molecule has 0 spiro atoms. The Balaban J connectivity index is 1.92. The summed E-state index contributed by atoms with van der Waals surface area (Å²) < 4.78 is 14.0. The number of amides is 1. The molecule has 0 saturated heterocycles. The molecule has 0 saturated carbocycles. The number of hydrogen-bond acceptors (Lipinski definition) is 3. The van der Waals surface area contributed by atoms with Gasteiger partial charge < -0.3 is 11.1 Å². The minimum absolute atomic E-state index is 0.124. The van der Waals surface area contributed by atoms with Crippen LogP contribution in [0.3, 0.4) is 0 Å². The first-order chi connectivity index (χ1) is 9.54. The summed E-state index contributed by atoms with van der Waals surface area (Å²) in [4.78, 5) is 12.5. The van der Waals surface area contributed by atoms with Crippen molar-refractivity contribution in [3.63, 3.8) is 0 Å². The van der Waals surface area contributed by atoms with E-state index in [1.165, 1.54) is 23.9 Å². The minimum atomic E-state index is -0.379. The van der Waals surface area contributed by atoms with E-state index in [2.05, 4.69) is 27.9 Å². The quantitative estimate of drug-likeness (QED) is 0.466. The molecule has 6 heteroatoms. The third-order valence-electron chi connectivity index (χ3n) is 2.44. The Hall–Kier alpha value is -1.28. The lowest BCUT2D eigenvalue weighted by atomic mass is 10.3. The van der Waals surface area contributed by atoms with Gasteiger partial charge in [0.2, 0.25) is 5.91 Å². The first-order valence-corrected chi connectivity index (χ1v) is 7.84. The molecule has 0 unspecified atom stereocenters. The molecule has 0 aliphatic heterocycles. The molecule has 104 valence electrons. The number of thioether (sulfide) groups is 1. The van der Waals surface area contributed by atoms with E-state index in [0.717, 1.165) is 9.26 Å². The van der Waals surface area contributed by atoms with Gasteiger partial charge in [-0.2, -0.15) is 0 Å². The highest BCUT2D eigenvalue weighted by Crippen LogP contribution is 2.25. The van der Waals surface area contributed by atoms with Gasteiger partial charge in [-0.3, -0.25) is 4.79 Å². The SMILES string of the molecule is Nc1cc(F)ccc1SCC(=O)Nc1cccc(I)c1. The molecular weight excluding hydrogens is 390 g/mol. The predicted octanol–water partition coefficient (Wildman–Crippen LogP) is 3.74. The van der Waals surface area contributed by atoms with Crippen LogP contribution in [0.2, 0.25) is 0 Å². The zero-order chi connectivity index (χ0) is 14.5. The van der Waals surface area contributed by atoms with Crippen molar-refractivity contribution in [2.45, 2.75) is 4.90 Å². The highest BCUT2D eigenvalue weighted by molar-refractivity contribution is 14.1. The average molecular weight is 402 g/mol. The van der Waals surface area contributed by atoms with E-state index in [0.29, 0.717) is 10.6 Å². The summed E-state index contributed by atoms with van der Waals surface area (Å²) >= 11 is 3.46. The molecule has 3 nitrogen and oxygen atoms in total. The smallest absolute Gasteiger partial charge is 0.234 e. The molecule has 1 amide bonds. The van der Waals surface area contributed by atoms with E-state index in [1.54, 1.807) is 6.07 Å². The summed E-state index contributed by atoms with van der Waals surface area (Å²) in [6.45, 7) is 0. The van der Waals surface area contributed by atoms with Crippen molar-refractivity contribution in [2.24, 2.45) is 0 Å². The van der Waals surface area contributed by atoms with Crippen LogP contribution < -0.4 is 11.1 Å². The molecule has 0 heterocycles. The van der Waals surface area contributed by atoms with Crippen molar-refractivity contribution in [3.05, 3.63) is 51.9 Å². The van der Waals surface area contributed by atoms with Crippen LogP contribution in [-0.2, 0) is 4.79 Å². The van der Waals surface area contributed by atoms with Gasteiger partial charge in [0, 0.05) is 19.8 Å². The van der Waals surface area contributed by atoms with Crippen molar-refractivity contribution in [1.82, 2.24) is 0 Å². The molecule has 20 heavy (non-hydrogen) atoms. The van der Waals surface area contributed by atoms with Gasteiger partial charge in [0.1, 0.15) is 5.82 Å². The van der Waals surface area contributed by atoms with Crippen LogP contribution in [0.25, 0.3) is 0 Å². The fraction of sp³-hybridized carbons (Fsp3) is 0.0714. The van der Waals surface area contributed by atoms with Crippen molar-refractivity contribution in [1.29, 1.82) is 0 Å². The molecule has 0 aromatic heterocycles. The van der Waals surface area contributed by atoms with Crippen molar-refractivity contribution in [2.75, 3.05) is 16.8 Å². The third kappa shape index (κ3) is 4.38. The molecule has 0 fully saturated rings. The zero-order valence-corrected chi connectivity index (χ0v) is 13.4. The molecule has 0 aliphatic rings. The number of hydrogen-bond donors (Lipinski definition) is 2. The summed E-state index contributed by atoms with van der Waals surface area (Å²) in [6.07, 6.45) is 0. The molecule has 2 rings (SSSR count). The van der Waals surface area contributed by atoms with Gasteiger partial charge in [-0.15, -0.1) is 11.8 Å². The van der Waals surface area contributed by atoms with E-state index < -0.39 is 0 Å². The Labute approximate surface area is 134 Å². The topological polar surface area (TPSA) is 55.1 Å². The van der Waals surface area contributed by atoms with Crippen LogP contribution >= 0.6 is 34.4 Å². The second kappa shape index (κ2) is 6.94. The Morgan fingerprint density at radius 3 is 2.80 bits per heavy atom. The monoisotopic (exact) mass is 402 g/mol. The molecule has 2 aromatic carbocycles. The van der Waals surface area contributed by atoms with Crippen molar-refractivity contribution in [3.8, 4) is 0 Å². The van der Waals surface area contributed by atoms with Crippen LogP contribution in [0, 0.1) is 9.39 Å². The van der Waals surface area contributed by atoms with E-state index in [9.17, 15) is 9.18 Å².